The van der Waals surface area contributed by atoms with E-state index in [0.29, 0.717) is 22.1 Å². The van der Waals surface area contributed by atoms with E-state index in [4.69, 9.17) is 21.1 Å². The van der Waals surface area contributed by atoms with Crippen molar-refractivity contribution in [1.82, 2.24) is 0 Å². The first-order chi connectivity index (χ1) is 14.0. The van der Waals surface area contributed by atoms with E-state index in [1.165, 1.54) is 25.3 Å². The summed E-state index contributed by atoms with van der Waals surface area (Å²) in [5, 5.41) is 14.2. The number of rotatable bonds is 7. The zero-order chi connectivity index (χ0) is 20.8. The van der Waals surface area contributed by atoms with E-state index in [2.05, 4.69) is 5.32 Å². The summed E-state index contributed by atoms with van der Waals surface area (Å²) < 4.78 is 10.9. The molecule has 3 aromatic rings. The third kappa shape index (κ3) is 5.03. The van der Waals surface area contributed by atoms with Crippen LogP contribution in [0, 0.1) is 10.1 Å². The molecule has 0 radical (unpaired) electrons. The summed E-state index contributed by atoms with van der Waals surface area (Å²) in [6.45, 7) is 0.253. The molecule has 1 N–H and O–H groups in total. The molecule has 7 nitrogen and oxygen atoms in total. The van der Waals surface area contributed by atoms with Crippen molar-refractivity contribution in [2.24, 2.45) is 0 Å². The molecule has 8 heteroatoms. The number of nitro groups is 1. The van der Waals surface area contributed by atoms with Crippen LogP contribution in [0.2, 0.25) is 5.02 Å². The van der Waals surface area contributed by atoms with Crippen LogP contribution < -0.4 is 14.8 Å². The number of carbonyl (C=O) groups excluding carboxylic acids is 1. The zero-order valence-corrected chi connectivity index (χ0v) is 16.2. The molecule has 29 heavy (non-hydrogen) atoms. The molecule has 0 fully saturated rings. The lowest BCUT2D eigenvalue weighted by atomic mass is 10.2. The predicted octanol–water partition coefficient (Wildman–Crippen LogP) is 5.09. The van der Waals surface area contributed by atoms with Crippen LogP contribution in [0.25, 0.3) is 0 Å². The number of amides is 1. The summed E-state index contributed by atoms with van der Waals surface area (Å²) in [6, 6.07) is 17.9. The quantitative estimate of drug-likeness (QED) is 0.431. The summed E-state index contributed by atoms with van der Waals surface area (Å²) in [7, 11) is 1.42. The minimum Gasteiger partial charge on any atom is -0.495 e. The van der Waals surface area contributed by atoms with Crippen molar-refractivity contribution < 1.29 is 19.2 Å². The number of benzene rings is 3. The molecule has 0 bridgehead atoms. The Hall–Kier alpha value is -3.58. The number of anilines is 1. The maximum atomic E-state index is 12.6. The summed E-state index contributed by atoms with van der Waals surface area (Å²) in [4.78, 5) is 23.1. The van der Waals surface area contributed by atoms with E-state index in [0.717, 1.165) is 5.56 Å². The van der Waals surface area contributed by atoms with Crippen LogP contribution in [0.1, 0.15) is 15.9 Å². The van der Waals surface area contributed by atoms with Gasteiger partial charge in [0, 0.05) is 28.3 Å². The highest BCUT2D eigenvalue weighted by Crippen LogP contribution is 2.29. The van der Waals surface area contributed by atoms with Crippen molar-refractivity contribution in [1.29, 1.82) is 0 Å². The molecule has 0 spiro atoms. The average molecular weight is 413 g/mol. The highest BCUT2D eigenvalue weighted by Gasteiger charge is 2.15. The molecule has 0 atom stereocenters. The van der Waals surface area contributed by atoms with Gasteiger partial charge < -0.3 is 14.8 Å². The van der Waals surface area contributed by atoms with E-state index in [9.17, 15) is 14.9 Å². The van der Waals surface area contributed by atoms with Gasteiger partial charge in [-0.05, 0) is 30.3 Å². The monoisotopic (exact) mass is 412 g/mol. The van der Waals surface area contributed by atoms with Gasteiger partial charge in [-0.3, -0.25) is 14.9 Å². The van der Waals surface area contributed by atoms with Crippen LogP contribution >= 0.6 is 11.6 Å². The molecule has 0 aliphatic carbocycles. The molecule has 148 valence electrons. The Balaban J connectivity index is 1.75. The minimum absolute atomic E-state index is 0.155. The molecule has 0 saturated carbocycles. The van der Waals surface area contributed by atoms with Gasteiger partial charge in [0.2, 0.25) is 0 Å². The molecule has 3 aromatic carbocycles. The number of hydrogen-bond acceptors (Lipinski definition) is 5. The molecule has 3 rings (SSSR count). The summed E-state index contributed by atoms with van der Waals surface area (Å²) in [6.07, 6.45) is 0. The molecule has 0 aliphatic heterocycles. The number of nitrogens with one attached hydrogen (secondary N) is 1. The second-order valence-corrected chi connectivity index (χ2v) is 6.41. The fourth-order valence-corrected chi connectivity index (χ4v) is 2.80. The molecule has 0 aromatic heterocycles. The summed E-state index contributed by atoms with van der Waals surface area (Å²) >= 11 is 6.12. The van der Waals surface area contributed by atoms with E-state index in [1.807, 2.05) is 18.2 Å². The average Bonchev–Trinajstić information content (AvgIpc) is 2.73. The number of hydrogen-bond donors (Lipinski definition) is 1. The lowest BCUT2D eigenvalue weighted by molar-refractivity contribution is -0.384. The van der Waals surface area contributed by atoms with Gasteiger partial charge in [0.15, 0.2) is 0 Å². The Kier molecular flexibility index (Phi) is 6.31. The van der Waals surface area contributed by atoms with Crippen molar-refractivity contribution in [2.75, 3.05) is 12.4 Å². The lowest BCUT2D eigenvalue weighted by Crippen LogP contribution is -2.13. The number of ether oxygens (including phenoxy) is 2. The van der Waals surface area contributed by atoms with E-state index < -0.39 is 10.8 Å². The number of carbonyl (C=O) groups is 1. The van der Waals surface area contributed by atoms with Crippen molar-refractivity contribution in [3.8, 4) is 11.5 Å². The molecule has 0 heterocycles. The number of non-ortho nitro benzene ring substituents is 1. The maximum absolute atomic E-state index is 12.6. The van der Waals surface area contributed by atoms with Gasteiger partial charge in [0.1, 0.15) is 18.1 Å². The van der Waals surface area contributed by atoms with E-state index in [1.54, 1.807) is 30.3 Å². The second kappa shape index (κ2) is 9.07. The van der Waals surface area contributed by atoms with Gasteiger partial charge in [0.25, 0.3) is 11.6 Å². The fourth-order valence-electron chi connectivity index (χ4n) is 2.61. The molecule has 0 saturated heterocycles. The smallest absolute Gasteiger partial charge is 0.271 e. The summed E-state index contributed by atoms with van der Waals surface area (Å²) in [5.41, 5.74) is 1.20. The highest BCUT2D eigenvalue weighted by atomic mass is 35.5. The van der Waals surface area contributed by atoms with Gasteiger partial charge in [-0.1, -0.05) is 35.9 Å². The third-order valence-corrected chi connectivity index (χ3v) is 4.46. The largest absolute Gasteiger partial charge is 0.495 e. The Labute approximate surface area is 172 Å². The van der Waals surface area contributed by atoms with Gasteiger partial charge in [-0.2, -0.15) is 0 Å². The first-order valence-corrected chi connectivity index (χ1v) is 8.96. The van der Waals surface area contributed by atoms with Gasteiger partial charge in [-0.15, -0.1) is 0 Å². The Bertz CT molecular complexity index is 1050. The van der Waals surface area contributed by atoms with E-state index in [-0.39, 0.29) is 18.0 Å². The minimum atomic E-state index is -0.543. The van der Waals surface area contributed by atoms with Gasteiger partial charge in [-0.25, -0.2) is 0 Å². The van der Waals surface area contributed by atoms with Crippen LogP contribution in [-0.4, -0.2) is 17.9 Å². The number of nitrogens with zero attached hydrogens (tertiary/aromatic N) is 1. The highest BCUT2D eigenvalue weighted by molar-refractivity contribution is 6.31. The number of halogens is 1. The lowest BCUT2D eigenvalue weighted by Gasteiger charge is -2.11. The van der Waals surface area contributed by atoms with Crippen molar-refractivity contribution in [3.63, 3.8) is 0 Å². The number of nitro benzene ring substituents is 1. The van der Waals surface area contributed by atoms with Crippen molar-refractivity contribution >= 4 is 28.9 Å². The van der Waals surface area contributed by atoms with Crippen LogP contribution in [-0.2, 0) is 6.61 Å². The van der Waals surface area contributed by atoms with Crippen LogP contribution in [0.3, 0.4) is 0 Å². The maximum Gasteiger partial charge on any atom is 0.271 e. The standard InChI is InChI=1S/C21H17ClN2O5/c1-28-20-10-9-16(24(26)27)12-19(20)23-21(25)14-6-4-7-17(11-14)29-13-15-5-2-3-8-18(15)22/h2-12H,13H2,1H3,(H,23,25). The van der Waals surface area contributed by atoms with Crippen LogP contribution in [0.15, 0.2) is 66.7 Å². The van der Waals surface area contributed by atoms with Gasteiger partial charge >= 0.3 is 0 Å². The van der Waals surface area contributed by atoms with E-state index >= 15 is 0 Å². The second-order valence-electron chi connectivity index (χ2n) is 6.00. The van der Waals surface area contributed by atoms with Crippen LogP contribution in [0.4, 0.5) is 11.4 Å². The van der Waals surface area contributed by atoms with Crippen molar-refractivity contribution in [2.45, 2.75) is 6.61 Å². The van der Waals surface area contributed by atoms with Crippen LogP contribution in [0.5, 0.6) is 11.5 Å². The topological polar surface area (TPSA) is 90.7 Å². The molecular weight excluding hydrogens is 396 g/mol. The zero-order valence-electron chi connectivity index (χ0n) is 15.4. The molecule has 1 amide bonds. The molecule has 0 unspecified atom stereocenters. The Morgan fingerprint density at radius 3 is 2.62 bits per heavy atom. The first kappa shape index (κ1) is 20.2. The molecular formula is C21H17ClN2O5. The van der Waals surface area contributed by atoms with Gasteiger partial charge in [0.05, 0.1) is 17.7 Å². The SMILES string of the molecule is COc1ccc([N+](=O)[O-])cc1NC(=O)c1cccc(OCc2ccccc2Cl)c1. The Morgan fingerprint density at radius 2 is 1.90 bits per heavy atom. The fraction of sp³-hybridized carbons (Fsp3) is 0.0952. The Morgan fingerprint density at radius 1 is 1.10 bits per heavy atom. The first-order valence-electron chi connectivity index (χ1n) is 8.58. The third-order valence-electron chi connectivity index (χ3n) is 4.09. The summed E-state index contributed by atoms with van der Waals surface area (Å²) in [5.74, 6) is 0.352. The predicted molar refractivity (Wildman–Crippen MR) is 110 cm³/mol. The molecule has 0 aliphatic rings. The van der Waals surface area contributed by atoms with Crippen molar-refractivity contribution in [3.05, 3.63) is 93.0 Å². The normalized spacial score (nSPS) is 10.3. The number of methoxy groups -OCH3 is 1.